The fraction of sp³-hybridized carbons (Fsp3) is 0.625. The van der Waals surface area contributed by atoms with Crippen LogP contribution in [0.5, 0.6) is 0 Å². The highest BCUT2D eigenvalue weighted by Gasteiger charge is 2.51. The zero-order valence-electron chi connectivity index (χ0n) is 12.2. The molecule has 0 radical (unpaired) electrons. The van der Waals surface area contributed by atoms with E-state index in [0.29, 0.717) is 5.92 Å². The van der Waals surface area contributed by atoms with Crippen LogP contribution in [0.2, 0.25) is 0 Å². The number of nitrogens with one attached hydrogen (secondary N) is 1. The van der Waals surface area contributed by atoms with Crippen molar-refractivity contribution in [1.29, 1.82) is 0 Å². The fourth-order valence-electron chi connectivity index (χ4n) is 2.62. The average molecular weight is 247 g/mol. The van der Waals surface area contributed by atoms with E-state index in [1.54, 1.807) is 0 Å². The van der Waals surface area contributed by atoms with Gasteiger partial charge in [-0.1, -0.05) is 38.1 Å². The van der Waals surface area contributed by atoms with Crippen LogP contribution in [0.25, 0.3) is 0 Å². The van der Waals surface area contributed by atoms with Gasteiger partial charge in [0.15, 0.2) is 0 Å². The van der Waals surface area contributed by atoms with E-state index in [4.69, 9.17) is 4.74 Å². The highest BCUT2D eigenvalue weighted by atomic mass is 16.5. The van der Waals surface area contributed by atoms with Gasteiger partial charge < -0.3 is 10.1 Å². The largest absolute Gasteiger partial charge is 0.379 e. The van der Waals surface area contributed by atoms with Crippen LogP contribution in [-0.2, 0) is 10.2 Å². The molecular weight excluding hydrogens is 222 g/mol. The SMILES string of the molecule is CNC(C)(C)C1(c2ccc(C(C)C)cc2)COC1. The molecule has 0 aliphatic carbocycles. The third-order valence-corrected chi connectivity index (χ3v) is 4.65. The molecule has 1 aromatic rings. The summed E-state index contributed by atoms with van der Waals surface area (Å²) in [5.41, 5.74) is 2.94. The summed E-state index contributed by atoms with van der Waals surface area (Å²) < 4.78 is 5.52. The molecule has 18 heavy (non-hydrogen) atoms. The predicted octanol–water partition coefficient (Wildman–Crippen LogP) is 3.08. The van der Waals surface area contributed by atoms with E-state index < -0.39 is 0 Å². The minimum Gasteiger partial charge on any atom is -0.379 e. The lowest BCUT2D eigenvalue weighted by molar-refractivity contribution is -0.0991. The van der Waals surface area contributed by atoms with Gasteiger partial charge in [0.1, 0.15) is 0 Å². The van der Waals surface area contributed by atoms with Crippen molar-refractivity contribution < 1.29 is 4.74 Å². The summed E-state index contributed by atoms with van der Waals surface area (Å²) in [6, 6.07) is 9.06. The molecule has 1 aliphatic rings. The first-order chi connectivity index (χ1) is 8.43. The van der Waals surface area contributed by atoms with Gasteiger partial charge in [-0.2, -0.15) is 0 Å². The molecule has 100 valence electrons. The van der Waals surface area contributed by atoms with Crippen LogP contribution in [0.4, 0.5) is 0 Å². The third-order valence-electron chi connectivity index (χ3n) is 4.65. The second-order valence-corrected chi connectivity index (χ2v) is 6.23. The van der Waals surface area contributed by atoms with Gasteiger partial charge in [-0.05, 0) is 37.9 Å². The Kier molecular flexibility index (Phi) is 3.52. The molecule has 1 aromatic carbocycles. The Balaban J connectivity index is 2.34. The zero-order valence-corrected chi connectivity index (χ0v) is 12.2. The molecule has 2 rings (SSSR count). The van der Waals surface area contributed by atoms with Crippen LogP contribution in [0.3, 0.4) is 0 Å². The lowest BCUT2D eigenvalue weighted by Gasteiger charge is -2.52. The molecular formula is C16H25NO. The molecule has 0 bridgehead atoms. The van der Waals surface area contributed by atoms with Crippen LogP contribution in [-0.4, -0.2) is 25.8 Å². The van der Waals surface area contributed by atoms with Crippen LogP contribution >= 0.6 is 0 Å². The van der Waals surface area contributed by atoms with E-state index in [-0.39, 0.29) is 11.0 Å². The van der Waals surface area contributed by atoms with E-state index in [1.807, 2.05) is 7.05 Å². The summed E-state index contributed by atoms with van der Waals surface area (Å²) in [7, 11) is 2.03. The van der Waals surface area contributed by atoms with Crippen molar-refractivity contribution in [2.75, 3.05) is 20.3 Å². The van der Waals surface area contributed by atoms with Crippen LogP contribution < -0.4 is 5.32 Å². The Hall–Kier alpha value is -0.860. The summed E-state index contributed by atoms with van der Waals surface area (Å²) in [4.78, 5) is 0. The molecule has 0 spiro atoms. The molecule has 0 aromatic heterocycles. The highest BCUT2D eigenvalue weighted by molar-refractivity contribution is 5.36. The topological polar surface area (TPSA) is 21.3 Å². The molecule has 1 N–H and O–H groups in total. The molecule has 0 saturated carbocycles. The Morgan fingerprint density at radius 2 is 1.72 bits per heavy atom. The molecule has 0 amide bonds. The van der Waals surface area contributed by atoms with Gasteiger partial charge in [-0.15, -0.1) is 0 Å². The maximum atomic E-state index is 5.52. The smallest absolute Gasteiger partial charge is 0.0603 e. The van der Waals surface area contributed by atoms with Gasteiger partial charge in [0.05, 0.1) is 18.6 Å². The lowest BCUT2D eigenvalue weighted by Crippen LogP contribution is -2.65. The molecule has 1 aliphatic heterocycles. The third kappa shape index (κ3) is 1.98. The van der Waals surface area contributed by atoms with Crippen LogP contribution in [0, 0.1) is 0 Å². The van der Waals surface area contributed by atoms with E-state index in [9.17, 15) is 0 Å². The molecule has 1 fully saturated rings. The quantitative estimate of drug-likeness (QED) is 0.883. The normalized spacial score (nSPS) is 18.8. The number of rotatable bonds is 4. The summed E-state index contributed by atoms with van der Waals surface area (Å²) in [5.74, 6) is 0.588. The van der Waals surface area contributed by atoms with Gasteiger partial charge in [0, 0.05) is 5.54 Å². The monoisotopic (exact) mass is 247 g/mol. The first kappa shape index (κ1) is 13.6. The van der Waals surface area contributed by atoms with Gasteiger partial charge in [0.25, 0.3) is 0 Å². The number of benzene rings is 1. The summed E-state index contributed by atoms with van der Waals surface area (Å²) >= 11 is 0. The minimum absolute atomic E-state index is 0.0462. The van der Waals surface area contributed by atoms with Crippen molar-refractivity contribution in [3.05, 3.63) is 35.4 Å². The number of ether oxygens (including phenoxy) is 1. The Bertz CT molecular complexity index is 402. The Morgan fingerprint density at radius 3 is 2.06 bits per heavy atom. The van der Waals surface area contributed by atoms with Crippen molar-refractivity contribution in [1.82, 2.24) is 5.32 Å². The number of hydrogen-bond acceptors (Lipinski definition) is 2. The lowest BCUT2D eigenvalue weighted by atomic mass is 9.65. The minimum atomic E-state index is 0.0462. The fourth-order valence-corrected chi connectivity index (χ4v) is 2.62. The molecule has 0 atom stereocenters. The van der Waals surface area contributed by atoms with Crippen molar-refractivity contribution in [2.24, 2.45) is 0 Å². The predicted molar refractivity (Wildman–Crippen MR) is 76.2 cm³/mol. The standard InChI is InChI=1S/C16H25NO/c1-12(2)13-6-8-14(9-7-13)16(10-18-11-16)15(3,4)17-5/h6-9,12,17H,10-11H2,1-5H3. The molecule has 2 nitrogen and oxygen atoms in total. The molecule has 0 unspecified atom stereocenters. The van der Waals surface area contributed by atoms with Crippen molar-refractivity contribution >= 4 is 0 Å². The van der Waals surface area contributed by atoms with Gasteiger partial charge in [0.2, 0.25) is 0 Å². The van der Waals surface area contributed by atoms with Gasteiger partial charge in [-0.3, -0.25) is 0 Å². The molecule has 2 heteroatoms. The van der Waals surface area contributed by atoms with Crippen molar-refractivity contribution in [3.8, 4) is 0 Å². The Morgan fingerprint density at radius 1 is 1.17 bits per heavy atom. The average Bonchev–Trinajstić information content (AvgIpc) is 2.28. The van der Waals surface area contributed by atoms with E-state index in [0.717, 1.165) is 13.2 Å². The van der Waals surface area contributed by atoms with E-state index >= 15 is 0 Å². The van der Waals surface area contributed by atoms with E-state index in [2.05, 4.69) is 57.3 Å². The first-order valence-electron chi connectivity index (χ1n) is 6.80. The summed E-state index contributed by atoms with van der Waals surface area (Å²) in [6.45, 7) is 10.6. The Labute approximate surface area is 111 Å². The second kappa shape index (κ2) is 4.67. The van der Waals surface area contributed by atoms with E-state index in [1.165, 1.54) is 11.1 Å². The summed E-state index contributed by atoms with van der Waals surface area (Å²) in [5, 5.41) is 3.44. The number of hydrogen-bond donors (Lipinski definition) is 1. The second-order valence-electron chi connectivity index (χ2n) is 6.23. The summed E-state index contributed by atoms with van der Waals surface area (Å²) in [6.07, 6.45) is 0. The number of likely N-dealkylation sites (N-methyl/N-ethyl adjacent to an activating group) is 1. The van der Waals surface area contributed by atoms with Gasteiger partial charge >= 0.3 is 0 Å². The van der Waals surface area contributed by atoms with Gasteiger partial charge in [-0.25, -0.2) is 0 Å². The molecule has 1 saturated heterocycles. The first-order valence-corrected chi connectivity index (χ1v) is 6.80. The van der Waals surface area contributed by atoms with Crippen molar-refractivity contribution in [3.63, 3.8) is 0 Å². The van der Waals surface area contributed by atoms with Crippen LogP contribution in [0.15, 0.2) is 24.3 Å². The maximum Gasteiger partial charge on any atom is 0.0603 e. The highest BCUT2D eigenvalue weighted by Crippen LogP contribution is 2.42. The molecule has 1 heterocycles. The van der Waals surface area contributed by atoms with Crippen molar-refractivity contribution in [2.45, 2.75) is 44.6 Å². The zero-order chi connectivity index (χ0) is 13.4. The maximum absolute atomic E-state index is 5.52. The van der Waals surface area contributed by atoms with Crippen LogP contribution in [0.1, 0.15) is 44.7 Å².